The van der Waals surface area contributed by atoms with Gasteiger partial charge in [0.05, 0.1) is 18.1 Å². The number of carbonyl (C=O) groups excluding carboxylic acids is 2. The van der Waals surface area contributed by atoms with Gasteiger partial charge < -0.3 is 16.0 Å². The zero-order chi connectivity index (χ0) is 21.1. The molecule has 0 aliphatic heterocycles. The van der Waals surface area contributed by atoms with Crippen molar-refractivity contribution in [2.75, 3.05) is 18.8 Å². The van der Waals surface area contributed by atoms with Crippen LogP contribution in [0.3, 0.4) is 0 Å². The maximum Gasteiger partial charge on any atom is 0.315 e. The lowest BCUT2D eigenvalue weighted by atomic mass is 10.2. The van der Waals surface area contributed by atoms with Crippen LogP contribution in [0.4, 0.5) is 9.18 Å². The number of benzene rings is 2. The van der Waals surface area contributed by atoms with Gasteiger partial charge in [-0.15, -0.1) is 0 Å². The second-order valence-electron chi connectivity index (χ2n) is 6.44. The van der Waals surface area contributed by atoms with E-state index in [0.717, 1.165) is 11.1 Å². The number of amides is 3. The topological polar surface area (TPSA) is 104 Å². The Bertz CT molecular complexity index is 903. The van der Waals surface area contributed by atoms with Gasteiger partial charge in [0.2, 0.25) is 5.91 Å². The van der Waals surface area contributed by atoms with E-state index in [1.807, 2.05) is 6.07 Å². The third kappa shape index (κ3) is 9.20. The summed E-state index contributed by atoms with van der Waals surface area (Å²) in [6.07, 6.45) is 0.289. The summed E-state index contributed by atoms with van der Waals surface area (Å²) in [5.41, 5.74) is 1.45. The summed E-state index contributed by atoms with van der Waals surface area (Å²) in [6.45, 7) is 0.171. The van der Waals surface area contributed by atoms with Gasteiger partial charge in [0, 0.05) is 13.1 Å². The van der Waals surface area contributed by atoms with E-state index in [2.05, 4.69) is 16.0 Å². The van der Waals surface area contributed by atoms with Crippen LogP contribution in [0.15, 0.2) is 54.6 Å². The summed E-state index contributed by atoms with van der Waals surface area (Å²) >= 11 is 0. The average Bonchev–Trinajstić information content (AvgIpc) is 2.69. The molecule has 0 heterocycles. The molecule has 7 nitrogen and oxygen atoms in total. The highest BCUT2D eigenvalue weighted by atomic mass is 32.2. The van der Waals surface area contributed by atoms with Gasteiger partial charge in [-0.3, -0.25) is 4.79 Å². The second kappa shape index (κ2) is 11.2. The van der Waals surface area contributed by atoms with Crippen molar-refractivity contribution in [3.63, 3.8) is 0 Å². The van der Waals surface area contributed by atoms with Crippen molar-refractivity contribution in [1.29, 1.82) is 0 Å². The molecule has 2 rings (SSSR count). The third-order valence-corrected chi connectivity index (χ3v) is 5.64. The quantitative estimate of drug-likeness (QED) is 0.508. The standard InChI is InChI=1S/C20H24FN3O4S/c21-18-9-7-16(8-10-18)13-23-20(26)24-14-19(25)22-11-4-12-29(27,28)15-17-5-2-1-3-6-17/h1-3,5-10H,4,11-15H2,(H,22,25)(H2,23,24,26). The lowest BCUT2D eigenvalue weighted by molar-refractivity contribution is -0.120. The van der Waals surface area contributed by atoms with Gasteiger partial charge in [0.25, 0.3) is 0 Å². The van der Waals surface area contributed by atoms with Crippen LogP contribution in [0.5, 0.6) is 0 Å². The number of sulfone groups is 1. The number of hydrogen-bond acceptors (Lipinski definition) is 4. The van der Waals surface area contributed by atoms with Crippen molar-refractivity contribution < 1.29 is 22.4 Å². The molecular weight excluding hydrogens is 397 g/mol. The van der Waals surface area contributed by atoms with Crippen LogP contribution in [0.2, 0.25) is 0 Å². The molecule has 29 heavy (non-hydrogen) atoms. The molecule has 0 atom stereocenters. The normalized spacial score (nSPS) is 10.9. The first-order chi connectivity index (χ1) is 13.8. The maximum absolute atomic E-state index is 12.8. The van der Waals surface area contributed by atoms with Crippen molar-refractivity contribution in [2.24, 2.45) is 0 Å². The summed E-state index contributed by atoms with van der Waals surface area (Å²) in [5, 5.41) is 7.52. The van der Waals surface area contributed by atoms with Gasteiger partial charge in [-0.1, -0.05) is 42.5 Å². The molecule has 0 radical (unpaired) electrons. The highest BCUT2D eigenvalue weighted by molar-refractivity contribution is 7.90. The number of carbonyl (C=O) groups is 2. The molecule has 156 valence electrons. The van der Waals surface area contributed by atoms with Gasteiger partial charge >= 0.3 is 6.03 Å². The van der Waals surface area contributed by atoms with E-state index in [4.69, 9.17) is 0 Å². The first kappa shape index (κ1) is 22.4. The van der Waals surface area contributed by atoms with E-state index >= 15 is 0 Å². The van der Waals surface area contributed by atoms with Crippen LogP contribution in [-0.2, 0) is 26.9 Å². The molecule has 0 aliphatic rings. The molecule has 0 bridgehead atoms. The summed E-state index contributed by atoms with van der Waals surface area (Å²) in [5.74, 6) is -0.837. The SMILES string of the molecule is O=C(CNC(=O)NCc1ccc(F)cc1)NCCCS(=O)(=O)Cc1ccccc1. The lowest BCUT2D eigenvalue weighted by Gasteiger charge is -2.09. The third-order valence-electron chi connectivity index (χ3n) is 3.96. The number of urea groups is 1. The molecule has 0 spiro atoms. The molecule has 9 heteroatoms. The highest BCUT2D eigenvalue weighted by Gasteiger charge is 2.12. The number of halogens is 1. The fourth-order valence-corrected chi connectivity index (χ4v) is 3.92. The monoisotopic (exact) mass is 421 g/mol. The fraction of sp³-hybridized carbons (Fsp3) is 0.300. The van der Waals surface area contributed by atoms with Crippen LogP contribution in [0.1, 0.15) is 17.5 Å². The van der Waals surface area contributed by atoms with Gasteiger partial charge in [-0.25, -0.2) is 17.6 Å². The molecule has 0 aromatic heterocycles. The number of hydrogen-bond donors (Lipinski definition) is 3. The van der Waals surface area contributed by atoms with Gasteiger partial charge in [0.1, 0.15) is 5.82 Å². The first-order valence-electron chi connectivity index (χ1n) is 9.11. The molecular formula is C20H24FN3O4S. The average molecular weight is 421 g/mol. The molecule has 0 saturated carbocycles. The molecule has 3 N–H and O–H groups in total. The molecule has 2 aromatic rings. The van der Waals surface area contributed by atoms with Crippen molar-refractivity contribution >= 4 is 21.8 Å². The molecule has 3 amide bonds. The molecule has 2 aromatic carbocycles. The second-order valence-corrected chi connectivity index (χ2v) is 8.63. The minimum absolute atomic E-state index is 0.0302. The zero-order valence-electron chi connectivity index (χ0n) is 15.9. The van der Waals surface area contributed by atoms with Crippen molar-refractivity contribution in [3.8, 4) is 0 Å². The van der Waals surface area contributed by atoms with E-state index in [-0.39, 0.29) is 43.4 Å². The van der Waals surface area contributed by atoms with E-state index in [1.165, 1.54) is 12.1 Å². The Morgan fingerprint density at radius 3 is 2.24 bits per heavy atom. The van der Waals surface area contributed by atoms with Crippen LogP contribution in [0, 0.1) is 5.82 Å². The van der Waals surface area contributed by atoms with Crippen LogP contribution in [0.25, 0.3) is 0 Å². The summed E-state index contributed by atoms with van der Waals surface area (Å²) < 4.78 is 36.9. The molecule has 0 aliphatic carbocycles. The Morgan fingerprint density at radius 1 is 0.862 bits per heavy atom. The van der Waals surface area contributed by atoms with Crippen molar-refractivity contribution in [1.82, 2.24) is 16.0 Å². The minimum Gasteiger partial charge on any atom is -0.355 e. The van der Waals surface area contributed by atoms with E-state index in [9.17, 15) is 22.4 Å². The van der Waals surface area contributed by atoms with Crippen molar-refractivity contribution in [3.05, 3.63) is 71.5 Å². The molecule has 0 saturated heterocycles. The minimum atomic E-state index is -3.25. The Morgan fingerprint density at radius 2 is 1.55 bits per heavy atom. The largest absolute Gasteiger partial charge is 0.355 e. The first-order valence-corrected chi connectivity index (χ1v) is 10.9. The van der Waals surface area contributed by atoms with Gasteiger partial charge in [0.15, 0.2) is 9.84 Å². The van der Waals surface area contributed by atoms with E-state index in [0.29, 0.717) is 0 Å². The van der Waals surface area contributed by atoms with Crippen LogP contribution in [-0.4, -0.2) is 39.2 Å². The van der Waals surface area contributed by atoms with Crippen LogP contribution < -0.4 is 16.0 Å². The maximum atomic E-state index is 12.8. The van der Waals surface area contributed by atoms with Gasteiger partial charge in [-0.05, 0) is 29.7 Å². The fourth-order valence-electron chi connectivity index (χ4n) is 2.49. The highest BCUT2D eigenvalue weighted by Crippen LogP contribution is 2.07. The smallest absolute Gasteiger partial charge is 0.315 e. The lowest BCUT2D eigenvalue weighted by Crippen LogP contribution is -2.42. The summed E-state index contributed by atoms with van der Waals surface area (Å²) in [6, 6.07) is 14.1. The Hall–Kier alpha value is -2.94. The van der Waals surface area contributed by atoms with E-state index < -0.39 is 21.8 Å². The van der Waals surface area contributed by atoms with Gasteiger partial charge in [-0.2, -0.15) is 0 Å². The van der Waals surface area contributed by atoms with Crippen molar-refractivity contribution in [2.45, 2.75) is 18.7 Å². The summed E-state index contributed by atoms with van der Waals surface area (Å²) in [4.78, 5) is 23.4. The van der Waals surface area contributed by atoms with E-state index in [1.54, 1.807) is 36.4 Å². The molecule has 0 fully saturated rings. The summed E-state index contributed by atoms with van der Waals surface area (Å²) in [7, 11) is -3.25. The predicted octanol–water partition coefficient (Wildman–Crippen LogP) is 1.75. The number of nitrogens with one attached hydrogen (secondary N) is 3. The molecule has 0 unspecified atom stereocenters. The van der Waals surface area contributed by atoms with Crippen LogP contribution >= 0.6 is 0 Å². The predicted molar refractivity (Wildman–Crippen MR) is 108 cm³/mol. The Labute approximate surface area is 169 Å². The zero-order valence-corrected chi connectivity index (χ0v) is 16.7. The Balaban J connectivity index is 1.58. The Kier molecular flexibility index (Phi) is 8.60. The number of rotatable bonds is 10.